The molecule has 0 saturated carbocycles. The molecule has 0 aliphatic rings. The number of nitrogens with one attached hydrogen (secondary N) is 1. The van der Waals surface area contributed by atoms with Crippen LogP contribution in [0.3, 0.4) is 0 Å². The number of carbonyl (C=O) groups excluding carboxylic acids is 1. The van der Waals surface area contributed by atoms with Crippen molar-refractivity contribution in [3.05, 3.63) is 28.2 Å². The molecule has 1 aromatic heterocycles. The maximum Gasteiger partial charge on any atom is 0.339 e. The molecule has 1 N–H and O–H groups in total. The van der Waals surface area contributed by atoms with Gasteiger partial charge in [-0.25, -0.2) is 9.89 Å². The summed E-state index contributed by atoms with van der Waals surface area (Å²) in [7, 11) is 0. The number of ether oxygens (including phenoxy) is 1. The van der Waals surface area contributed by atoms with E-state index in [0.717, 1.165) is 12.5 Å². The Kier molecular flexibility index (Phi) is 3.19. The Morgan fingerprint density at radius 3 is 3.08 bits per heavy atom. The van der Waals surface area contributed by atoms with Gasteiger partial charge in [-0.3, -0.25) is 4.79 Å². The molecule has 0 aliphatic carbocycles. The molecule has 0 atom stereocenters. The van der Waals surface area contributed by atoms with Gasteiger partial charge in [0, 0.05) is 6.07 Å². The van der Waals surface area contributed by atoms with Crippen LogP contribution in [0.2, 0.25) is 0 Å². The smallest absolute Gasteiger partial charge is 0.339 e. The molecule has 0 fully saturated rings. The van der Waals surface area contributed by atoms with Crippen LogP contribution in [0.1, 0.15) is 23.7 Å². The lowest BCUT2D eigenvalue weighted by molar-refractivity contribution is 0.0504. The van der Waals surface area contributed by atoms with Gasteiger partial charge in [0.05, 0.1) is 18.4 Å². The van der Waals surface area contributed by atoms with Gasteiger partial charge in [0.25, 0.3) is 5.56 Å². The summed E-state index contributed by atoms with van der Waals surface area (Å²) in [5.41, 5.74) is -0.233. The minimum atomic E-state index is -0.513. The third-order valence-corrected chi connectivity index (χ3v) is 1.34. The summed E-state index contributed by atoms with van der Waals surface area (Å²) in [6.07, 6.45) is 2.02. The molecule has 1 aromatic rings. The average molecular weight is 182 g/mol. The van der Waals surface area contributed by atoms with Crippen molar-refractivity contribution in [2.45, 2.75) is 13.3 Å². The molecule has 0 unspecified atom stereocenters. The minimum absolute atomic E-state index is 0.178. The van der Waals surface area contributed by atoms with Crippen LogP contribution in [-0.2, 0) is 4.74 Å². The van der Waals surface area contributed by atoms with E-state index in [4.69, 9.17) is 4.74 Å². The zero-order valence-corrected chi connectivity index (χ0v) is 7.24. The van der Waals surface area contributed by atoms with Gasteiger partial charge in [-0.15, -0.1) is 0 Å². The summed E-state index contributed by atoms with van der Waals surface area (Å²) < 4.78 is 4.80. The van der Waals surface area contributed by atoms with Gasteiger partial charge in [-0.2, -0.15) is 5.10 Å². The molecule has 5 nitrogen and oxygen atoms in total. The summed E-state index contributed by atoms with van der Waals surface area (Å²) in [4.78, 5) is 21.9. The molecule has 0 amide bonds. The Hall–Kier alpha value is -1.65. The monoisotopic (exact) mass is 182 g/mol. The predicted octanol–water partition coefficient (Wildman–Crippen LogP) is 0.337. The van der Waals surface area contributed by atoms with Crippen LogP contribution in [0.25, 0.3) is 0 Å². The Morgan fingerprint density at radius 1 is 1.69 bits per heavy atom. The lowest BCUT2D eigenvalue weighted by atomic mass is 10.3. The molecule has 0 aliphatic heterocycles. The summed E-state index contributed by atoms with van der Waals surface area (Å²) >= 11 is 0. The van der Waals surface area contributed by atoms with Crippen LogP contribution in [0.4, 0.5) is 0 Å². The number of aromatic amines is 1. The second-order valence-corrected chi connectivity index (χ2v) is 2.47. The fraction of sp³-hybridized carbons (Fsp3) is 0.375. The third-order valence-electron chi connectivity index (χ3n) is 1.34. The third kappa shape index (κ3) is 2.70. The van der Waals surface area contributed by atoms with E-state index in [2.05, 4.69) is 10.2 Å². The normalized spacial score (nSPS) is 9.62. The summed E-state index contributed by atoms with van der Waals surface area (Å²) in [6.45, 7) is 2.25. The van der Waals surface area contributed by atoms with E-state index in [9.17, 15) is 9.59 Å². The highest BCUT2D eigenvalue weighted by atomic mass is 16.5. The van der Waals surface area contributed by atoms with Crippen LogP contribution in [-0.4, -0.2) is 22.8 Å². The maximum absolute atomic E-state index is 11.1. The largest absolute Gasteiger partial charge is 0.462 e. The molecule has 0 bridgehead atoms. The number of hydrogen-bond donors (Lipinski definition) is 1. The number of hydrogen-bond acceptors (Lipinski definition) is 4. The van der Waals surface area contributed by atoms with E-state index in [0.29, 0.717) is 6.61 Å². The molecule has 0 aromatic carbocycles. The Labute approximate surface area is 74.7 Å². The number of esters is 1. The highest BCUT2D eigenvalue weighted by Gasteiger charge is 2.06. The molecule has 0 spiro atoms. The van der Waals surface area contributed by atoms with Gasteiger partial charge in [0.15, 0.2) is 0 Å². The van der Waals surface area contributed by atoms with Gasteiger partial charge in [-0.1, -0.05) is 6.92 Å². The number of carbonyl (C=O) groups is 1. The second-order valence-electron chi connectivity index (χ2n) is 2.47. The molecular weight excluding hydrogens is 172 g/mol. The van der Waals surface area contributed by atoms with Crippen molar-refractivity contribution < 1.29 is 9.53 Å². The lowest BCUT2D eigenvalue weighted by Gasteiger charge is -2.00. The first kappa shape index (κ1) is 9.44. The quantitative estimate of drug-likeness (QED) is 0.684. The Balaban J connectivity index is 2.71. The Bertz CT molecular complexity index is 345. The van der Waals surface area contributed by atoms with Crippen molar-refractivity contribution in [2.75, 3.05) is 6.61 Å². The standard InChI is InChI=1S/C8H10N2O3/c1-2-3-13-8(12)6-4-7(11)10-9-5-6/h4-5H,2-3H2,1H3,(H,10,11). The zero-order chi connectivity index (χ0) is 9.68. The lowest BCUT2D eigenvalue weighted by Crippen LogP contribution is -2.13. The van der Waals surface area contributed by atoms with E-state index in [-0.39, 0.29) is 5.56 Å². The topological polar surface area (TPSA) is 72.0 Å². The first-order valence-electron chi connectivity index (χ1n) is 3.96. The van der Waals surface area contributed by atoms with E-state index in [1.165, 1.54) is 6.20 Å². The van der Waals surface area contributed by atoms with Crippen LogP contribution < -0.4 is 5.56 Å². The fourth-order valence-corrected chi connectivity index (χ4v) is 0.766. The first-order valence-corrected chi connectivity index (χ1v) is 3.96. The summed E-state index contributed by atoms with van der Waals surface area (Å²) in [5.74, 6) is -0.513. The van der Waals surface area contributed by atoms with Gasteiger partial charge >= 0.3 is 5.97 Å². The Morgan fingerprint density at radius 2 is 2.46 bits per heavy atom. The number of nitrogens with zero attached hydrogens (tertiary/aromatic N) is 1. The first-order chi connectivity index (χ1) is 6.24. The fourth-order valence-electron chi connectivity index (χ4n) is 0.766. The second kappa shape index (κ2) is 4.39. The van der Waals surface area contributed by atoms with Gasteiger partial charge in [-0.05, 0) is 6.42 Å². The van der Waals surface area contributed by atoms with Crippen molar-refractivity contribution in [1.29, 1.82) is 0 Å². The van der Waals surface area contributed by atoms with E-state index in [1.807, 2.05) is 6.92 Å². The highest BCUT2D eigenvalue weighted by Crippen LogP contribution is 1.95. The molecule has 0 saturated heterocycles. The summed E-state index contributed by atoms with van der Waals surface area (Å²) in [6, 6.07) is 1.16. The predicted molar refractivity (Wildman–Crippen MR) is 45.4 cm³/mol. The maximum atomic E-state index is 11.1. The van der Waals surface area contributed by atoms with Crippen molar-refractivity contribution in [2.24, 2.45) is 0 Å². The number of rotatable bonds is 3. The summed E-state index contributed by atoms with van der Waals surface area (Å²) in [5, 5.41) is 5.64. The average Bonchev–Trinajstić information content (AvgIpc) is 2.14. The SMILES string of the molecule is CCCOC(=O)c1cn[nH]c(=O)c1. The highest BCUT2D eigenvalue weighted by molar-refractivity contribution is 5.88. The van der Waals surface area contributed by atoms with Gasteiger partial charge < -0.3 is 4.74 Å². The van der Waals surface area contributed by atoms with Crippen molar-refractivity contribution in [3.8, 4) is 0 Å². The van der Waals surface area contributed by atoms with E-state index >= 15 is 0 Å². The van der Waals surface area contributed by atoms with Crippen LogP contribution >= 0.6 is 0 Å². The van der Waals surface area contributed by atoms with Gasteiger partial charge in [0.1, 0.15) is 0 Å². The zero-order valence-electron chi connectivity index (χ0n) is 7.24. The number of aromatic nitrogens is 2. The van der Waals surface area contributed by atoms with Crippen molar-refractivity contribution in [1.82, 2.24) is 10.2 Å². The molecule has 1 heterocycles. The van der Waals surface area contributed by atoms with Crippen molar-refractivity contribution >= 4 is 5.97 Å². The molecule has 5 heteroatoms. The molecule has 1 rings (SSSR count). The van der Waals surface area contributed by atoms with E-state index in [1.54, 1.807) is 0 Å². The van der Waals surface area contributed by atoms with Crippen LogP contribution in [0.15, 0.2) is 17.1 Å². The minimum Gasteiger partial charge on any atom is -0.462 e. The number of H-pyrrole nitrogens is 1. The van der Waals surface area contributed by atoms with Crippen LogP contribution in [0.5, 0.6) is 0 Å². The molecular formula is C8H10N2O3. The van der Waals surface area contributed by atoms with Crippen LogP contribution in [0, 0.1) is 0 Å². The molecule has 13 heavy (non-hydrogen) atoms. The van der Waals surface area contributed by atoms with Crippen molar-refractivity contribution in [3.63, 3.8) is 0 Å². The molecule has 70 valence electrons. The van der Waals surface area contributed by atoms with Gasteiger partial charge in [0.2, 0.25) is 0 Å². The van der Waals surface area contributed by atoms with E-state index < -0.39 is 11.5 Å². The molecule has 0 radical (unpaired) electrons.